The fourth-order valence-corrected chi connectivity index (χ4v) is 2.48. The molecule has 0 aliphatic heterocycles. The molecule has 0 fully saturated rings. The molecule has 5 heteroatoms. The largest absolute Gasteiger partial charge is 0.385 e. The topological polar surface area (TPSA) is 43.4 Å². The van der Waals surface area contributed by atoms with Gasteiger partial charge in [-0.05, 0) is 24.6 Å². The van der Waals surface area contributed by atoms with Crippen LogP contribution in [0.3, 0.4) is 0 Å². The van der Waals surface area contributed by atoms with Crippen LogP contribution in [0.4, 0.5) is 4.39 Å². The quantitative estimate of drug-likeness (QED) is 0.725. The number of methoxy groups -OCH3 is 1. The molecular formula is C10H13FO3S. The Kier molecular flexibility index (Phi) is 4.23. The van der Waals surface area contributed by atoms with E-state index in [4.69, 9.17) is 4.74 Å². The van der Waals surface area contributed by atoms with Crippen molar-refractivity contribution in [1.29, 1.82) is 0 Å². The van der Waals surface area contributed by atoms with Crippen LogP contribution in [0.25, 0.3) is 0 Å². The van der Waals surface area contributed by atoms with Gasteiger partial charge in [-0.2, -0.15) is 0 Å². The molecule has 0 heterocycles. The lowest BCUT2D eigenvalue weighted by Crippen LogP contribution is -2.09. The smallest absolute Gasteiger partial charge is 0.178 e. The molecule has 0 aliphatic carbocycles. The first-order valence-corrected chi connectivity index (χ1v) is 6.19. The second kappa shape index (κ2) is 5.23. The molecule has 3 nitrogen and oxygen atoms in total. The third-order valence-corrected chi connectivity index (χ3v) is 3.72. The Hall–Kier alpha value is -0.940. The highest BCUT2D eigenvalue weighted by Gasteiger charge is 2.14. The van der Waals surface area contributed by atoms with Crippen LogP contribution >= 0.6 is 0 Å². The highest BCUT2D eigenvalue weighted by molar-refractivity contribution is 7.91. The van der Waals surface area contributed by atoms with Gasteiger partial charge in [0.25, 0.3) is 0 Å². The van der Waals surface area contributed by atoms with Gasteiger partial charge in [-0.15, -0.1) is 0 Å². The van der Waals surface area contributed by atoms with Gasteiger partial charge in [0.15, 0.2) is 9.84 Å². The Morgan fingerprint density at radius 3 is 2.73 bits per heavy atom. The van der Waals surface area contributed by atoms with Crippen molar-refractivity contribution in [1.82, 2.24) is 0 Å². The van der Waals surface area contributed by atoms with Gasteiger partial charge >= 0.3 is 0 Å². The normalized spacial score (nSPS) is 11.6. The van der Waals surface area contributed by atoms with E-state index in [0.29, 0.717) is 13.0 Å². The number of halogens is 1. The van der Waals surface area contributed by atoms with Crippen LogP contribution in [-0.2, 0) is 14.6 Å². The van der Waals surface area contributed by atoms with Gasteiger partial charge < -0.3 is 4.74 Å². The number of benzene rings is 1. The molecule has 1 aromatic rings. The number of hydrogen-bond donors (Lipinski definition) is 0. The minimum atomic E-state index is -3.38. The molecule has 0 atom stereocenters. The summed E-state index contributed by atoms with van der Waals surface area (Å²) in [5.41, 5.74) is 0. The molecule has 0 spiro atoms. The first-order valence-electron chi connectivity index (χ1n) is 4.53. The minimum Gasteiger partial charge on any atom is -0.385 e. The van der Waals surface area contributed by atoms with Crippen molar-refractivity contribution >= 4 is 9.84 Å². The fraction of sp³-hybridized carbons (Fsp3) is 0.400. The van der Waals surface area contributed by atoms with Crippen LogP contribution < -0.4 is 0 Å². The molecule has 1 rings (SSSR count). The van der Waals surface area contributed by atoms with Crippen molar-refractivity contribution in [3.05, 3.63) is 30.1 Å². The average Bonchev–Trinajstić information content (AvgIpc) is 2.18. The summed E-state index contributed by atoms with van der Waals surface area (Å²) in [6, 6.07) is 5.03. The summed E-state index contributed by atoms with van der Waals surface area (Å²) < 4.78 is 40.8. The lowest BCUT2D eigenvalue weighted by molar-refractivity contribution is 0.199. The van der Waals surface area contributed by atoms with Gasteiger partial charge in [-0.25, -0.2) is 12.8 Å². The van der Waals surface area contributed by atoms with Gasteiger partial charge in [-0.1, -0.05) is 6.07 Å². The van der Waals surface area contributed by atoms with Crippen molar-refractivity contribution in [3.8, 4) is 0 Å². The number of sulfone groups is 1. The van der Waals surface area contributed by atoms with Crippen molar-refractivity contribution in [2.24, 2.45) is 0 Å². The summed E-state index contributed by atoms with van der Waals surface area (Å²) in [6.45, 7) is 0.383. The van der Waals surface area contributed by atoms with E-state index in [0.717, 1.165) is 6.07 Å². The third-order valence-electron chi connectivity index (χ3n) is 1.92. The third kappa shape index (κ3) is 3.60. The molecule has 0 aliphatic rings. The maximum Gasteiger partial charge on any atom is 0.178 e. The SMILES string of the molecule is COCCCS(=O)(=O)c1cccc(F)c1. The van der Waals surface area contributed by atoms with Gasteiger partial charge in [0.1, 0.15) is 5.82 Å². The second-order valence-corrected chi connectivity index (χ2v) is 5.23. The summed E-state index contributed by atoms with van der Waals surface area (Å²) in [5.74, 6) is -0.563. The summed E-state index contributed by atoms with van der Waals surface area (Å²) in [5, 5.41) is 0. The maximum atomic E-state index is 12.8. The van der Waals surface area contributed by atoms with Gasteiger partial charge in [-0.3, -0.25) is 0 Å². The number of ether oxygens (including phenoxy) is 1. The summed E-state index contributed by atoms with van der Waals surface area (Å²) in [6.07, 6.45) is 0.412. The van der Waals surface area contributed by atoms with Gasteiger partial charge in [0, 0.05) is 13.7 Å². The van der Waals surface area contributed by atoms with Crippen molar-refractivity contribution < 1.29 is 17.5 Å². The molecule has 0 aromatic heterocycles. The van der Waals surface area contributed by atoms with Crippen molar-refractivity contribution in [2.45, 2.75) is 11.3 Å². The number of hydrogen-bond acceptors (Lipinski definition) is 3. The van der Waals surface area contributed by atoms with E-state index >= 15 is 0 Å². The van der Waals surface area contributed by atoms with E-state index in [2.05, 4.69) is 0 Å². The Balaban J connectivity index is 2.77. The Bertz CT molecular complexity index is 414. The van der Waals surface area contributed by atoms with E-state index < -0.39 is 15.7 Å². The molecule has 15 heavy (non-hydrogen) atoms. The van der Waals surface area contributed by atoms with Crippen molar-refractivity contribution in [3.63, 3.8) is 0 Å². The highest BCUT2D eigenvalue weighted by Crippen LogP contribution is 2.13. The zero-order chi connectivity index (χ0) is 11.3. The van der Waals surface area contributed by atoms with E-state index in [9.17, 15) is 12.8 Å². The predicted molar refractivity (Wildman–Crippen MR) is 54.9 cm³/mol. The standard InChI is InChI=1S/C10H13FO3S/c1-14-6-3-7-15(12,13)10-5-2-4-9(11)8-10/h2,4-5,8H,3,6-7H2,1H3. The second-order valence-electron chi connectivity index (χ2n) is 3.12. The van der Waals surface area contributed by atoms with Crippen LogP contribution in [0, 0.1) is 5.82 Å². The summed E-state index contributed by atoms with van der Waals surface area (Å²) >= 11 is 0. The van der Waals surface area contributed by atoms with Gasteiger partial charge in [0.05, 0.1) is 10.6 Å². The van der Waals surface area contributed by atoms with Crippen LogP contribution in [0.2, 0.25) is 0 Å². The summed E-state index contributed by atoms with van der Waals surface area (Å²) in [4.78, 5) is 0.0265. The Morgan fingerprint density at radius 1 is 1.40 bits per heavy atom. The van der Waals surface area contributed by atoms with E-state index in [1.807, 2.05) is 0 Å². The Labute approximate surface area is 88.8 Å². The minimum absolute atomic E-state index is 0.0235. The van der Waals surface area contributed by atoms with E-state index in [1.165, 1.54) is 25.3 Å². The molecule has 0 amide bonds. The molecule has 0 bridgehead atoms. The lowest BCUT2D eigenvalue weighted by atomic mass is 10.4. The average molecular weight is 232 g/mol. The zero-order valence-corrected chi connectivity index (χ0v) is 9.26. The first-order chi connectivity index (χ1) is 7.06. The van der Waals surface area contributed by atoms with Crippen LogP contribution in [0.5, 0.6) is 0 Å². The van der Waals surface area contributed by atoms with E-state index in [-0.39, 0.29) is 10.6 Å². The molecular weight excluding hydrogens is 219 g/mol. The lowest BCUT2D eigenvalue weighted by Gasteiger charge is -2.03. The molecule has 0 saturated heterocycles. The maximum absolute atomic E-state index is 12.8. The van der Waals surface area contributed by atoms with Crippen LogP contribution in [0.1, 0.15) is 6.42 Å². The molecule has 0 radical (unpaired) electrons. The molecule has 84 valence electrons. The summed E-state index contributed by atoms with van der Waals surface area (Å²) in [7, 11) is -1.87. The number of rotatable bonds is 5. The Morgan fingerprint density at radius 2 is 2.13 bits per heavy atom. The monoisotopic (exact) mass is 232 g/mol. The molecule has 1 aromatic carbocycles. The van der Waals surface area contributed by atoms with E-state index in [1.54, 1.807) is 0 Å². The fourth-order valence-electron chi connectivity index (χ4n) is 1.17. The van der Waals surface area contributed by atoms with Crippen LogP contribution in [-0.4, -0.2) is 27.9 Å². The van der Waals surface area contributed by atoms with Crippen molar-refractivity contribution in [2.75, 3.05) is 19.5 Å². The molecule has 0 unspecified atom stereocenters. The highest BCUT2D eigenvalue weighted by atomic mass is 32.2. The molecule has 0 saturated carbocycles. The predicted octanol–water partition coefficient (Wildman–Crippen LogP) is 1.64. The molecule has 0 N–H and O–H groups in total. The van der Waals surface area contributed by atoms with Gasteiger partial charge in [0.2, 0.25) is 0 Å². The first kappa shape index (κ1) is 12.1. The zero-order valence-electron chi connectivity index (χ0n) is 8.44. The van der Waals surface area contributed by atoms with Crippen LogP contribution in [0.15, 0.2) is 29.2 Å².